The number of benzene rings is 2. The van der Waals surface area contributed by atoms with Gasteiger partial charge in [-0.05, 0) is 36.4 Å². The molecule has 5 heteroatoms. The first-order valence-electron chi connectivity index (χ1n) is 5.52. The van der Waals surface area contributed by atoms with E-state index in [1.165, 1.54) is 0 Å². The van der Waals surface area contributed by atoms with Gasteiger partial charge in [0.1, 0.15) is 5.56 Å². The molecule has 0 bridgehead atoms. The molecule has 0 fully saturated rings. The second-order valence-electron chi connectivity index (χ2n) is 4.14. The van der Waals surface area contributed by atoms with Crippen molar-refractivity contribution >= 4 is 44.7 Å². The van der Waals surface area contributed by atoms with Gasteiger partial charge in [-0.15, -0.1) is 0 Å². The van der Waals surface area contributed by atoms with Crippen molar-refractivity contribution in [1.29, 1.82) is 0 Å². The maximum Gasteiger partial charge on any atom is 0.272 e. The van der Waals surface area contributed by atoms with Crippen molar-refractivity contribution in [2.24, 2.45) is 0 Å². The Balaban J connectivity index is 2.18. The summed E-state index contributed by atoms with van der Waals surface area (Å²) in [5, 5.41) is 12.8. The molecule has 1 aliphatic heterocycles. The SMILES string of the molecule is O=C1C(c2ccc(Cl)cc2)=[N+]([O-])c2cc(Br)ccc21. The van der Waals surface area contributed by atoms with Gasteiger partial charge >= 0.3 is 0 Å². The number of carbonyl (C=O) groups is 1. The van der Waals surface area contributed by atoms with Crippen molar-refractivity contribution in [2.45, 2.75) is 0 Å². The lowest BCUT2D eigenvalue weighted by Crippen LogP contribution is -2.16. The lowest BCUT2D eigenvalue weighted by Gasteiger charge is -2.02. The summed E-state index contributed by atoms with van der Waals surface area (Å²) < 4.78 is 1.43. The molecule has 19 heavy (non-hydrogen) atoms. The second-order valence-corrected chi connectivity index (χ2v) is 5.49. The molecule has 3 rings (SSSR count). The first-order chi connectivity index (χ1) is 9.08. The van der Waals surface area contributed by atoms with Crippen LogP contribution in [-0.2, 0) is 0 Å². The highest BCUT2D eigenvalue weighted by Crippen LogP contribution is 2.30. The number of halogens is 2. The van der Waals surface area contributed by atoms with Gasteiger partial charge in [-0.2, -0.15) is 4.74 Å². The van der Waals surface area contributed by atoms with E-state index in [4.69, 9.17) is 11.6 Å². The zero-order chi connectivity index (χ0) is 13.6. The van der Waals surface area contributed by atoms with Gasteiger partial charge in [0, 0.05) is 15.6 Å². The summed E-state index contributed by atoms with van der Waals surface area (Å²) in [6.07, 6.45) is 0. The molecule has 0 unspecified atom stereocenters. The monoisotopic (exact) mass is 335 g/mol. The van der Waals surface area contributed by atoms with Crippen LogP contribution < -0.4 is 0 Å². The Kier molecular flexibility index (Phi) is 2.92. The number of hydrogen-bond acceptors (Lipinski definition) is 2. The summed E-state index contributed by atoms with van der Waals surface area (Å²) in [5.74, 6) is -0.264. The molecule has 0 saturated heterocycles. The number of fused-ring (bicyclic) bond motifs is 1. The molecule has 1 heterocycles. The fourth-order valence-electron chi connectivity index (χ4n) is 2.06. The molecule has 0 aromatic heterocycles. The normalized spacial score (nSPS) is 13.9. The van der Waals surface area contributed by atoms with Gasteiger partial charge in [-0.3, -0.25) is 4.79 Å². The maximum absolute atomic E-state index is 12.3. The molecule has 2 aromatic carbocycles. The van der Waals surface area contributed by atoms with E-state index in [1.807, 2.05) is 0 Å². The first kappa shape index (κ1) is 12.4. The number of nitrogens with zero attached hydrogens (tertiary/aromatic N) is 1. The molecule has 1 aliphatic rings. The average molecular weight is 337 g/mol. The topological polar surface area (TPSA) is 43.1 Å². The Morgan fingerprint density at radius 2 is 1.79 bits per heavy atom. The highest BCUT2D eigenvalue weighted by molar-refractivity contribution is 9.10. The Morgan fingerprint density at radius 1 is 1.11 bits per heavy atom. The van der Waals surface area contributed by atoms with Gasteiger partial charge < -0.3 is 5.21 Å². The van der Waals surface area contributed by atoms with E-state index in [1.54, 1.807) is 42.5 Å². The molecular formula is C14H7BrClNO2. The standard InChI is InChI=1S/C14H7BrClNO2/c15-9-3-6-11-12(7-9)17(19)13(14(11)18)8-1-4-10(16)5-2-8/h1-7H. The molecule has 0 saturated carbocycles. The van der Waals surface area contributed by atoms with Gasteiger partial charge in [-0.1, -0.05) is 27.5 Å². The summed E-state index contributed by atoms with van der Waals surface area (Å²) in [6.45, 7) is 0. The van der Waals surface area contributed by atoms with Crippen molar-refractivity contribution < 1.29 is 9.53 Å². The van der Waals surface area contributed by atoms with Gasteiger partial charge in [0.25, 0.3) is 11.5 Å². The summed E-state index contributed by atoms with van der Waals surface area (Å²) in [4.78, 5) is 12.3. The Morgan fingerprint density at radius 3 is 2.47 bits per heavy atom. The average Bonchev–Trinajstić information content (AvgIpc) is 2.63. The number of Topliss-reactive ketones (excluding diaryl/α,β-unsaturated/α-hetero) is 1. The van der Waals surface area contributed by atoms with Crippen LogP contribution in [0.1, 0.15) is 15.9 Å². The van der Waals surface area contributed by atoms with Crippen LogP contribution in [0.4, 0.5) is 5.69 Å². The van der Waals surface area contributed by atoms with Crippen molar-refractivity contribution in [1.82, 2.24) is 0 Å². The molecule has 0 spiro atoms. The third-order valence-electron chi connectivity index (χ3n) is 2.96. The fourth-order valence-corrected chi connectivity index (χ4v) is 2.54. The van der Waals surface area contributed by atoms with E-state index >= 15 is 0 Å². The first-order valence-corrected chi connectivity index (χ1v) is 6.69. The van der Waals surface area contributed by atoms with Crippen LogP contribution in [0, 0.1) is 5.21 Å². The lowest BCUT2D eigenvalue weighted by molar-refractivity contribution is -0.355. The van der Waals surface area contributed by atoms with Crippen molar-refractivity contribution in [3.05, 3.63) is 68.3 Å². The van der Waals surface area contributed by atoms with Gasteiger partial charge in [-0.25, -0.2) is 0 Å². The van der Waals surface area contributed by atoms with Crippen LogP contribution in [0.15, 0.2) is 46.9 Å². The van der Waals surface area contributed by atoms with E-state index in [-0.39, 0.29) is 11.5 Å². The number of hydrogen-bond donors (Lipinski definition) is 0. The zero-order valence-electron chi connectivity index (χ0n) is 9.56. The quantitative estimate of drug-likeness (QED) is 0.585. The Labute approximate surface area is 122 Å². The van der Waals surface area contributed by atoms with E-state index < -0.39 is 0 Å². The number of carbonyl (C=O) groups excluding carboxylic acids is 1. The van der Waals surface area contributed by atoms with Crippen molar-refractivity contribution in [3.63, 3.8) is 0 Å². The minimum absolute atomic E-state index is 0.129. The van der Waals surface area contributed by atoms with Crippen LogP contribution >= 0.6 is 27.5 Å². The number of rotatable bonds is 1. The minimum Gasteiger partial charge on any atom is -0.618 e. The molecule has 94 valence electrons. The van der Waals surface area contributed by atoms with Crippen LogP contribution in [-0.4, -0.2) is 16.2 Å². The van der Waals surface area contributed by atoms with Crippen LogP contribution in [0.25, 0.3) is 0 Å². The molecule has 2 aromatic rings. The summed E-state index contributed by atoms with van der Waals surface area (Å²) in [5.41, 5.74) is 1.48. The lowest BCUT2D eigenvalue weighted by atomic mass is 10.0. The van der Waals surface area contributed by atoms with Gasteiger partial charge in [0.15, 0.2) is 0 Å². The molecular weight excluding hydrogens is 330 g/mol. The fraction of sp³-hybridized carbons (Fsp3) is 0. The van der Waals surface area contributed by atoms with Crippen molar-refractivity contribution in [2.75, 3.05) is 0 Å². The molecule has 0 atom stereocenters. The highest BCUT2D eigenvalue weighted by Gasteiger charge is 2.36. The highest BCUT2D eigenvalue weighted by atomic mass is 79.9. The second kappa shape index (κ2) is 4.47. The van der Waals surface area contributed by atoms with Crippen LogP contribution in [0.3, 0.4) is 0 Å². The third kappa shape index (κ3) is 1.97. The van der Waals surface area contributed by atoms with E-state index in [0.29, 0.717) is 26.6 Å². The van der Waals surface area contributed by atoms with E-state index in [2.05, 4.69) is 15.9 Å². The molecule has 0 radical (unpaired) electrons. The minimum atomic E-state index is -0.264. The van der Waals surface area contributed by atoms with Gasteiger partial charge in [0.05, 0.1) is 5.56 Å². The van der Waals surface area contributed by atoms with Gasteiger partial charge in [0.2, 0.25) is 5.69 Å². The molecule has 0 aliphatic carbocycles. The predicted octanol–water partition coefficient (Wildman–Crippen LogP) is 3.93. The maximum atomic E-state index is 12.3. The van der Waals surface area contributed by atoms with Crippen molar-refractivity contribution in [3.8, 4) is 0 Å². The van der Waals surface area contributed by atoms with E-state index in [0.717, 1.165) is 4.47 Å². The summed E-state index contributed by atoms with van der Waals surface area (Å²) in [6, 6.07) is 11.7. The Bertz CT molecular complexity index is 723. The zero-order valence-corrected chi connectivity index (χ0v) is 11.9. The summed E-state index contributed by atoms with van der Waals surface area (Å²) >= 11 is 9.10. The summed E-state index contributed by atoms with van der Waals surface area (Å²) in [7, 11) is 0. The van der Waals surface area contributed by atoms with Crippen LogP contribution in [0.2, 0.25) is 5.02 Å². The van der Waals surface area contributed by atoms with Crippen LogP contribution in [0.5, 0.6) is 0 Å². The molecule has 3 nitrogen and oxygen atoms in total. The third-order valence-corrected chi connectivity index (χ3v) is 3.70. The smallest absolute Gasteiger partial charge is 0.272 e. The molecule has 0 amide bonds. The predicted molar refractivity (Wildman–Crippen MR) is 77.3 cm³/mol. The Hall–Kier alpha value is -1.65. The van der Waals surface area contributed by atoms with E-state index in [9.17, 15) is 10.0 Å². The number of ketones is 1. The largest absolute Gasteiger partial charge is 0.618 e. The molecule has 0 N–H and O–H groups in total.